The zero-order valence-electron chi connectivity index (χ0n) is 19.1. The highest BCUT2D eigenvalue weighted by Gasteiger charge is 2.03. The monoisotopic (exact) mass is 408 g/mol. The van der Waals surface area contributed by atoms with E-state index in [0.29, 0.717) is 0 Å². The molecule has 3 nitrogen and oxygen atoms in total. The molecule has 0 atom stereocenters. The van der Waals surface area contributed by atoms with Crippen LogP contribution in [0.25, 0.3) is 11.4 Å². The van der Waals surface area contributed by atoms with Crippen LogP contribution in [0.4, 0.5) is 0 Å². The van der Waals surface area contributed by atoms with Crippen LogP contribution in [-0.2, 0) is 6.42 Å². The maximum absolute atomic E-state index is 5.86. The topological polar surface area (TPSA) is 35.0 Å². The molecule has 1 aromatic heterocycles. The molecule has 1 heterocycles. The standard InChI is InChI=1S/C27H40N2O/c1-3-5-7-9-11-13-15-21-30-26-19-17-25(18-20-26)27-28-22-24(23-29-27)16-14-12-10-8-6-4-2/h7,9,17-20,22-23H,3-6,8,10-16,21H2,1-2H3. The summed E-state index contributed by atoms with van der Waals surface area (Å²) < 4.78 is 5.86. The van der Waals surface area contributed by atoms with Crippen molar-refractivity contribution in [1.82, 2.24) is 9.97 Å². The molecule has 3 heteroatoms. The summed E-state index contributed by atoms with van der Waals surface area (Å²) in [6.45, 7) is 5.24. The van der Waals surface area contributed by atoms with E-state index in [1.54, 1.807) is 0 Å². The normalized spacial score (nSPS) is 11.3. The molecule has 0 aliphatic heterocycles. The highest BCUT2D eigenvalue weighted by Crippen LogP contribution is 2.20. The molecule has 2 rings (SSSR count). The molecular weight excluding hydrogens is 368 g/mol. The zero-order chi connectivity index (χ0) is 21.3. The number of benzene rings is 1. The van der Waals surface area contributed by atoms with Gasteiger partial charge in [0.25, 0.3) is 0 Å². The van der Waals surface area contributed by atoms with E-state index in [4.69, 9.17) is 4.74 Å². The first-order valence-corrected chi connectivity index (χ1v) is 12.0. The van der Waals surface area contributed by atoms with Gasteiger partial charge in [0.1, 0.15) is 5.75 Å². The first-order chi connectivity index (χ1) is 14.8. The highest BCUT2D eigenvalue weighted by atomic mass is 16.5. The van der Waals surface area contributed by atoms with Crippen molar-refractivity contribution >= 4 is 0 Å². The third kappa shape index (κ3) is 10.0. The fraction of sp³-hybridized carbons (Fsp3) is 0.556. The van der Waals surface area contributed by atoms with Crippen molar-refractivity contribution in [2.45, 2.75) is 90.9 Å². The van der Waals surface area contributed by atoms with Gasteiger partial charge in [-0.2, -0.15) is 0 Å². The molecule has 0 radical (unpaired) electrons. The average molecular weight is 409 g/mol. The van der Waals surface area contributed by atoms with Crippen LogP contribution in [0.15, 0.2) is 48.8 Å². The summed E-state index contributed by atoms with van der Waals surface area (Å²) in [6.07, 6.45) is 23.3. The number of ether oxygens (including phenoxy) is 1. The van der Waals surface area contributed by atoms with E-state index >= 15 is 0 Å². The second kappa shape index (κ2) is 15.6. The van der Waals surface area contributed by atoms with Gasteiger partial charge in [0.2, 0.25) is 0 Å². The second-order valence-corrected chi connectivity index (χ2v) is 8.06. The molecule has 0 aliphatic carbocycles. The van der Waals surface area contributed by atoms with Gasteiger partial charge in [0.15, 0.2) is 5.82 Å². The second-order valence-electron chi connectivity index (χ2n) is 8.06. The Hall–Kier alpha value is -2.16. The minimum atomic E-state index is 0.768. The van der Waals surface area contributed by atoms with Crippen LogP contribution in [0, 0.1) is 0 Å². The molecule has 0 fully saturated rings. The average Bonchev–Trinajstić information content (AvgIpc) is 2.79. The van der Waals surface area contributed by atoms with Crippen LogP contribution in [0.2, 0.25) is 0 Å². The Morgan fingerprint density at radius 2 is 1.43 bits per heavy atom. The summed E-state index contributed by atoms with van der Waals surface area (Å²) in [5.41, 5.74) is 2.27. The van der Waals surface area contributed by atoms with Gasteiger partial charge >= 0.3 is 0 Å². The molecule has 0 spiro atoms. The third-order valence-corrected chi connectivity index (χ3v) is 5.29. The molecule has 0 unspecified atom stereocenters. The number of nitrogens with zero attached hydrogens (tertiary/aromatic N) is 2. The molecule has 0 N–H and O–H groups in total. The summed E-state index contributed by atoms with van der Waals surface area (Å²) in [7, 11) is 0. The Labute approximate surface area is 184 Å². The lowest BCUT2D eigenvalue weighted by Crippen LogP contribution is -1.97. The Morgan fingerprint density at radius 1 is 0.733 bits per heavy atom. The maximum Gasteiger partial charge on any atom is 0.159 e. The van der Waals surface area contributed by atoms with Crippen molar-refractivity contribution in [2.75, 3.05) is 6.61 Å². The molecule has 0 aliphatic rings. The first-order valence-electron chi connectivity index (χ1n) is 12.0. The molecule has 2 aromatic rings. The number of aryl methyl sites for hydroxylation is 1. The van der Waals surface area contributed by atoms with E-state index in [9.17, 15) is 0 Å². The van der Waals surface area contributed by atoms with Gasteiger partial charge in [0, 0.05) is 18.0 Å². The highest BCUT2D eigenvalue weighted by molar-refractivity contribution is 5.55. The van der Waals surface area contributed by atoms with Crippen LogP contribution >= 0.6 is 0 Å². The van der Waals surface area contributed by atoms with Crippen LogP contribution in [0.3, 0.4) is 0 Å². The van der Waals surface area contributed by atoms with E-state index in [0.717, 1.165) is 43.0 Å². The lowest BCUT2D eigenvalue weighted by molar-refractivity contribution is 0.307. The Kier molecular flexibility index (Phi) is 12.6. The van der Waals surface area contributed by atoms with Gasteiger partial charge in [-0.3, -0.25) is 0 Å². The smallest absolute Gasteiger partial charge is 0.159 e. The Morgan fingerprint density at radius 3 is 2.17 bits per heavy atom. The summed E-state index contributed by atoms with van der Waals surface area (Å²) >= 11 is 0. The fourth-order valence-corrected chi connectivity index (χ4v) is 3.40. The summed E-state index contributed by atoms with van der Waals surface area (Å²) in [5, 5.41) is 0. The first kappa shape index (κ1) is 24.1. The van der Waals surface area contributed by atoms with Crippen molar-refractivity contribution in [3.05, 3.63) is 54.4 Å². The number of hydrogen-bond acceptors (Lipinski definition) is 3. The van der Waals surface area contributed by atoms with Crippen molar-refractivity contribution in [3.8, 4) is 17.1 Å². The van der Waals surface area contributed by atoms with Gasteiger partial charge in [-0.05, 0) is 68.4 Å². The zero-order valence-corrected chi connectivity index (χ0v) is 19.1. The van der Waals surface area contributed by atoms with E-state index < -0.39 is 0 Å². The van der Waals surface area contributed by atoms with Crippen LogP contribution in [-0.4, -0.2) is 16.6 Å². The van der Waals surface area contributed by atoms with E-state index in [-0.39, 0.29) is 0 Å². The van der Waals surface area contributed by atoms with Gasteiger partial charge in [-0.25, -0.2) is 9.97 Å². The lowest BCUT2D eigenvalue weighted by Gasteiger charge is -2.07. The van der Waals surface area contributed by atoms with Crippen molar-refractivity contribution in [3.63, 3.8) is 0 Å². The SMILES string of the molecule is CCCC=CCCCCOc1ccc(-c2ncc(CCCCCCCC)cn2)cc1. The molecule has 0 bridgehead atoms. The number of unbranched alkanes of at least 4 members (excludes halogenated alkanes) is 8. The van der Waals surface area contributed by atoms with Gasteiger partial charge in [-0.1, -0.05) is 64.5 Å². The molecule has 1 aromatic carbocycles. The number of hydrogen-bond donors (Lipinski definition) is 0. The van der Waals surface area contributed by atoms with E-state index in [1.165, 1.54) is 63.4 Å². The van der Waals surface area contributed by atoms with Crippen molar-refractivity contribution < 1.29 is 4.74 Å². The van der Waals surface area contributed by atoms with Crippen molar-refractivity contribution in [1.29, 1.82) is 0 Å². The predicted molar refractivity (Wildman–Crippen MR) is 128 cm³/mol. The van der Waals surface area contributed by atoms with Crippen LogP contribution in [0.1, 0.15) is 90.0 Å². The number of allylic oxidation sites excluding steroid dienone is 2. The minimum Gasteiger partial charge on any atom is -0.494 e. The van der Waals surface area contributed by atoms with E-state index in [1.807, 2.05) is 36.7 Å². The fourth-order valence-electron chi connectivity index (χ4n) is 3.40. The maximum atomic E-state index is 5.86. The predicted octanol–water partition coefficient (Wildman–Crippen LogP) is 7.95. The van der Waals surface area contributed by atoms with Crippen molar-refractivity contribution in [2.24, 2.45) is 0 Å². The Balaban J connectivity index is 1.67. The molecule has 30 heavy (non-hydrogen) atoms. The summed E-state index contributed by atoms with van der Waals surface area (Å²) in [5.74, 6) is 1.70. The quantitative estimate of drug-likeness (QED) is 0.209. The molecule has 164 valence electrons. The van der Waals surface area contributed by atoms with E-state index in [2.05, 4.69) is 36.0 Å². The molecule has 0 amide bonds. The summed E-state index contributed by atoms with van der Waals surface area (Å²) in [4.78, 5) is 9.13. The number of rotatable bonds is 16. The Bertz CT molecular complexity index is 692. The number of aromatic nitrogens is 2. The molecular formula is C27H40N2O. The molecule has 0 saturated heterocycles. The molecule has 0 saturated carbocycles. The van der Waals surface area contributed by atoms with Crippen LogP contribution < -0.4 is 4.74 Å². The van der Waals surface area contributed by atoms with Gasteiger partial charge in [-0.15, -0.1) is 0 Å². The lowest BCUT2D eigenvalue weighted by atomic mass is 10.1. The largest absolute Gasteiger partial charge is 0.494 e. The summed E-state index contributed by atoms with van der Waals surface area (Å²) in [6, 6.07) is 8.13. The van der Waals surface area contributed by atoms with Gasteiger partial charge < -0.3 is 4.74 Å². The third-order valence-electron chi connectivity index (χ3n) is 5.29. The van der Waals surface area contributed by atoms with Gasteiger partial charge in [0.05, 0.1) is 6.61 Å². The minimum absolute atomic E-state index is 0.768. The van der Waals surface area contributed by atoms with Crippen LogP contribution in [0.5, 0.6) is 5.75 Å².